The molecule has 0 saturated heterocycles. The lowest BCUT2D eigenvalue weighted by Crippen LogP contribution is -2.33. The number of likely N-dealkylation sites (N-methyl/N-ethyl adjacent to an activating group) is 1. The zero-order chi connectivity index (χ0) is 12.1. The molecule has 0 bridgehead atoms. The van der Waals surface area contributed by atoms with Gasteiger partial charge in [0.2, 0.25) is 0 Å². The smallest absolute Gasteiger partial charge is 0.321 e. The third-order valence-corrected chi connectivity index (χ3v) is 3.27. The van der Waals surface area contributed by atoms with Gasteiger partial charge in [0.15, 0.2) is 0 Å². The molecule has 0 unspecified atom stereocenters. The standard InChI is InChI=1S/C11H15BrN2O2/c1-8-4-3-5-9(10(8)12)13-11(16)14(2)6-7-15/h3-5,15H,6-7H2,1-2H3,(H,13,16). The number of amides is 2. The zero-order valence-electron chi connectivity index (χ0n) is 9.33. The number of aryl methyl sites for hydroxylation is 1. The topological polar surface area (TPSA) is 52.6 Å². The van der Waals surface area contributed by atoms with Crippen LogP contribution in [0.2, 0.25) is 0 Å². The van der Waals surface area contributed by atoms with Gasteiger partial charge in [-0.1, -0.05) is 12.1 Å². The van der Waals surface area contributed by atoms with E-state index in [0.29, 0.717) is 6.54 Å². The summed E-state index contributed by atoms with van der Waals surface area (Å²) in [6.07, 6.45) is 0. The second-order valence-corrected chi connectivity index (χ2v) is 4.30. The highest BCUT2D eigenvalue weighted by atomic mass is 79.9. The van der Waals surface area contributed by atoms with Crippen LogP contribution in [0.1, 0.15) is 5.56 Å². The van der Waals surface area contributed by atoms with Crippen LogP contribution < -0.4 is 5.32 Å². The minimum absolute atomic E-state index is 0.0428. The van der Waals surface area contributed by atoms with Gasteiger partial charge in [-0.3, -0.25) is 0 Å². The van der Waals surface area contributed by atoms with Crippen molar-refractivity contribution in [1.82, 2.24) is 4.90 Å². The molecule has 4 nitrogen and oxygen atoms in total. The number of hydrogen-bond acceptors (Lipinski definition) is 2. The van der Waals surface area contributed by atoms with E-state index in [9.17, 15) is 4.79 Å². The highest BCUT2D eigenvalue weighted by Gasteiger charge is 2.10. The number of benzene rings is 1. The molecule has 0 atom stereocenters. The number of nitrogens with zero attached hydrogens (tertiary/aromatic N) is 1. The molecule has 0 aromatic heterocycles. The van der Waals surface area contributed by atoms with Crippen LogP contribution in [0.15, 0.2) is 22.7 Å². The molecular weight excluding hydrogens is 272 g/mol. The van der Waals surface area contributed by atoms with E-state index in [-0.39, 0.29) is 12.6 Å². The molecule has 1 aromatic rings. The third-order valence-electron chi connectivity index (χ3n) is 2.22. The van der Waals surface area contributed by atoms with Gasteiger partial charge in [0.1, 0.15) is 0 Å². The number of hydrogen-bond donors (Lipinski definition) is 2. The molecule has 0 aliphatic carbocycles. The molecule has 0 aliphatic heterocycles. The summed E-state index contributed by atoms with van der Waals surface area (Å²) in [4.78, 5) is 13.1. The Morgan fingerprint density at radius 2 is 2.25 bits per heavy atom. The number of rotatable bonds is 3. The summed E-state index contributed by atoms with van der Waals surface area (Å²) in [5, 5.41) is 11.5. The fraction of sp³-hybridized carbons (Fsp3) is 0.364. The minimum Gasteiger partial charge on any atom is -0.395 e. The van der Waals surface area contributed by atoms with E-state index in [1.165, 1.54) is 4.90 Å². The van der Waals surface area contributed by atoms with E-state index in [0.717, 1.165) is 15.7 Å². The van der Waals surface area contributed by atoms with Gasteiger partial charge in [-0.25, -0.2) is 4.79 Å². The molecule has 2 N–H and O–H groups in total. The average Bonchev–Trinajstić information content (AvgIpc) is 2.25. The molecule has 0 aliphatic rings. The van der Waals surface area contributed by atoms with Crippen molar-refractivity contribution in [3.8, 4) is 0 Å². The van der Waals surface area contributed by atoms with Crippen molar-refractivity contribution in [2.45, 2.75) is 6.92 Å². The first kappa shape index (κ1) is 13.0. The van der Waals surface area contributed by atoms with Crippen LogP contribution in [-0.2, 0) is 0 Å². The lowest BCUT2D eigenvalue weighted by molar-refractivity contribution is 0.202. The summed E-state index contributed by atoms with van der Waals surface area (Å²) in [5.74, 6) is 0. The van der Waals surface area contributed by atoms with Crippen LogP contribution >= 0.6 is 15.9 Å². The van der Waals surface area contributed by atoms with Crippen molar-refractivity contribution in [2.75, 3.05) is 25.5 Å². The second kappa shape index (κ2) is 5.86. The monoisotopic (exact) mass is 286 g/mol. The Morgan fingerprint density at radius 1 is 1.56 bits per heavy atom. The highest BCUT2D eigenvalue weighted by molar-refractivity contribution is 9.10. The summed E-state index contributed by atoms with van der Waals surface area (Å²) in [5.41, 5.74) is 1.79. The van der Waals surface area contributed by atoms with Crippen LogP contribution in [0.25, 0.3) is 0 Å². The lowest BCUT2D eigenvalue weighted by atomic mass is 10.2. The normalized spacial score (nSPS) is 10.0. The quantitative estimate of drug-likeness (QED) is 0.895. The largest absolute Gasteiger partial charge is 0.395 e. The summed E-state index contributed by atoms with van der Waals surface area (Å²) < 4.78 is 0.876. The first-order valence-corrected chi connectivity index (χ1v) is 5.73. The molecular formula is C11H15BrN2O2. The first-order chi connectivity index (χ1) is 7.56. The number of carbonyl (C=O) groups excluding carboxylic acids is 1. The third kappa shape index (κ3) is 3.21. The molecule has 0 fully saturated rings. The summed E-state index contributed by atoms with van der Waals surface area (Å²) in [6.45, 7) is 2.23. The van der Waals surface area contributed by atoms with Crippen molar-refractivity contribution in [3.05, 3.63) is 28.2 Å². The molecule has 0 spiro atoms. The van der Waals surface area contributed by atoms with Gasteiger partial charge in [0.05, 0.1) is 12.3 Å². The van der Waals surface area contributed by atoms with Gasteiger partial charge in [0, 0.05) is 18.1 Å². The molecule has 16 heavy (non-hydrogen) atoms. The van der Waals surface area contributed by atoms with Crippen LogP contribution in [0.5, 0.6) is 0 Å². The van der Waals surface area contributed by atoms with Gasteiger partial charge >= 0.3 is 6.03 Å². The van der Waals surface area contributed by atoms with Crippen molar-refractivity contribution in [1.29, 1.82) is 0 Å². The Balaban J connectivity index is 2.73. The maximum atomic E-state index is 11.6. The highest BCUT2D eigenvalue weighted by Crippen LogP contribution is 2.25. The average molecular weight is 287 g/mol. The van der Waals surface area contributed by atoms with Crippen LogP contribution in [0.3, 0.4) is 0 Å². The Labute approximate surface area is 103 Å². The Bertz CT molecular complexity index is 382. The Kier molecular flexibility index (Phi) is 4.76. The number of nitrogens with one attached hydrogen (secondary N) is 1. The Morgan fingerprint density at radius 3 is 2.88 bits per heavy atom. The number of carbonyl (C=O) groups is 1. The van der Waals surface area contributed by atoms with Crippen molar-refractivity contribution in [2.24, 2.45) is 0 Å². The first-order valence-electron chi connectivity index (χ1n) is 4.94. The van der Waals surface area contributed by atoms with E-state index in [1.54, 1.807) is 7.05 Å². The molecule has 1 rings (SSSR count). The van der Waals surface area contributed by atoms with Crippen molar-refractivity contribution >= 4 is 27.6 Å². The van der Waals surface area contributed by atoms with Gasteiger partial charge < -0.3 is 15.3 Å². The van der Waals surface area contributed by atoms with Gasteiger partial charge in [-0.2, -0.15) is 0 Å². The van der Waals surface area contributed by atoms with Gasteiger partial charge in [0.25, 0.3) is 0 Å². The second-order valence-electron chi connectivity index (χ2n) is 3.51. The summed E-state index contributed by atoms with van der Waals surface area (Å²) in [6, 6.07) is 5.42. The van der Waals surface area contributed by atoms with Crippen LogP contribution in [-0.4, -0.2) is 36.2 Å². The van der Waals surface area contributed by atoms with Crippen molar-refractivity contribution in [3.63, 3.8) is 0 Å². The Hall–Kier alpha value is -1.07. The zero-order valence-corrected chi connectivity index (χ0v) is 10.9. The van der Waals surface area contributed by atoms with E-state index in [2.05, 4.69) is 21.2 Å². The predicted octanol–water partition coefficient (Wildman–Crippen LogP) is 2.21. The van der Waals surface area contributed by atoms with Crippen molar-refractivity contribution < 1.29 is 9.90 Å². The minimum atomic E-state index is -0.236. The fourth-order valence-corrected chi connectivity index (χ4v) is 1.57. The van der Waals surface area contributed by atoms with Crippen LogP contribution in [0, 0.1) is 6.92 Å². The molecule has 1 aromatic carbocycles. The maximum absolute atomic E-state index is 11.6. The molecule has 2 amide bonds. The lowest BCUT2D eigenvalue weighted by Gasteiger charge is -2.17. The number of aliphatic hydroxyl groups is 1. The SMILES string of the molecule is Cc1cccc(NC(=O)N(C)CCO)c1Br. The summed E-state index contributed by atoms with van der Waals surface area (Å²) in [7, 11) is 1.63. The number of halogens is 1. The van der Waals surface area contributed by atoms with E-state index < -0.39 is 0 Å². The fourth-order valence-electron chi connectivity index (χ4n) is 1.21. The van der Waals surface area contributed by atoms with Gasteiger partial charge in [-0.15, -0.1) is 0 Å². The van der Waals surface area contributed by atoms with E-state index >= 15 is 0 Å². The predicted molar refractivity (Wildman–Crippen MR) is 67.6 cm³/mol. The van der Waals surface area contributed by atoms with E-state index in [1.807, 2.05) is 25.1 Å². The molecule has 0 heterocycles. The van der Waals surface area contributed by atoms with Crippen LogP contribution in [0.4, 0.5) is 10.5 Å². The number of anilines is 1. The maximum Gasteiger partial charge on any atom is 0.321 e. The van der Waals surface area contributed by atoms with Gasteiger partial charge in [-0.05, 0) is 34.5 Å². The van der Waals surface area contributed by atoms with E-state index in [4.69, 9.17) is 5.11 Å². The molecule has 88 valence electrons. The molecule has 0 radical (unpaired) electrons. The molecule has 5 heteroatoms. The summed E-state index contributed by atoms with van der Waals surface area (Å²) >= 11 is 3.41. The molecule has 0 saturated carbocycles. The number of urea groups is 1. The number of aliphatic hydroxyl groups excluding tert-OH is 1.